The SMILES string of the molecule is O=C(Nc1cc(-c2ccccc2)[nH]n1)c1ccc2c(c1)ncn2-c1cccc(F)c1. The van der Waals surface area contributed by atoms with E-state index in [2.05, 4.69) is 20.5 Å². The molecule has 0 saturated heterocycles. The number of carbonyl (C=O) groups excluding carboxylic acids is 1. The Bertz CT molecular complexity index is 1360. The van der Waals surface area contributed by atoms with Gasteiger partial charge in [-0.15, -0.1) is 0 Å². The van der Waals surface area contributed by atoms with Crippen LogP contribution in [0.15, 0.2) is 85.2 Å². The fourth-order valence-corrected chi connectivity index (χ4v) is 3.33. The van der Waals surface area contributed by atoms with Crippen LogP contribution in [0.1, 0.15) is 10.4 Å². The van der Waals surface area contributed by atoms with Crippen molar-refractivity contribution in [2.45, 2.75) is 0 Å². The average molecular weight is 397 g/mol. The molecule has 2 heterocycles. The number of imidazole rings is 1. The van der Waals surface area contributed by atoms with Crippen molar-refractivity contribution in [1.82, 2.24) is 19.7 Å². The first-order valence-corrected chi connectivity index (χ1v) is 9.32. The zero-order chi connectivity index (χ0) is 20.5. The maximum Gasteiger partial charge on any atom is 0.256 e. The maximum atomic E-state index is 13.6. The zero-order valence-electron chi connectivity index (χ0n) is 15.7. The maximum absolute atomic E-state index is 13.6. The standard InChI is InChI=1S/C23H16FN5O/c24-17-7-4-8-18(12-17)29-14-25-20-11-16(9-10-21(20)29)23(30)26-22-13-19(27-28-22)15-5-2-1-3-6-15/h1-14H,(H2,26,27,28,30). The van der Waals surface area contributed by atoms with Crippen molar-refractivity contribution in [3.8, 4) is 16.9 Å². The second kappa shape index (κ2) is 7.29. The first-order chi connectivity index (χ1) is 14.7. The number of amides is 1. The average Bonchev–Trinajstić information content (AvgIpc) is 3.41. The van der Waals surface area contributed by atoms with E-state index in [0.717, 1.165) is 16.8 Å². The number of fused-ring (bicyclic) bond motifs is 1. The van der Waals surface area contributed by atoms with E-state index in [1.807, 2.05) is 30.3 Å². The predicted molar refractivity (Wildman–Crippen MR) is 113 cm³/mol. The lowest BCUT2D eigenvalue weighted by molar-refractivity contribution is 0.102. The van der Waals surface area contributed by atoms with E-state index in [1.165, 1.54) is 12.1 Å². The van der Waals surface area contributed by atoms with E-state index in [4.69, 9.17) is 0 Å². The minimum absolute atomic E-state index is 0.289. The number of halogens is 1. The summed E-state index contributed by atoms with van der Waals surface area (Å²) in [6.07, 6.45) is 1.61. The Morgan fingerprint density at radius 1 is 0.967 bits per heavy atom. The topological polar surface area (TPSA) is 75.6 Å². The first-order valence-electron chi connectivity index (χ1n) is 9.32. The summed E-state index contributed by atoms with van der Waals surface area (Å²) in [7, 11) is 0. The third kappa shape index (κ3) is 3.33. The highest BCUT2D eigenvalue weighted by molar-refractivity contribution is 6.05. The van der Waals surface area contributed by atoms with Crippen LogP contribution in [0.3, 0.4) is 0 Å². The molecule has 0 fully saturated rings. The van der Waals surface area contributed by atoms with E-state index in [-0.39, 0.29) is 11.7 Å². The van der Waals surface area contributed by atoms with Gasteiger partial charge in [-0.1, -0.05) is 36.4 Å². The smallest absolute Gasteiger partial charge is 0.256 e. The quantitative estimate of drug-likeness (QED) is 0.457. The van der Waals surface area contributed by atoms with Gasteiger partial charge in [0.05, 0.1) is 22.4 Å². The van der Waals surface area contributed by atoms with E-state index >= 15 is 0 Å². The van der Waals surface area contributed by atoms with E-state index < -0.39 is 0 Å². The molecule has 2 aromatic heterocycles. The third-order valence-electron chi connectivity index (χ3n) is 4.80. The summed E-state index contributed by atoms with van der Waals surface area (Å²) in [5, 5.41) is 9.88. The van der Waals surface area contributed by atoms with Crippen LogP contribution in [0.25, 0.3) is 28.0 Å². The Labute approximate surface area is 171 Å². The van der Waals surface area contributed by atoms with Crippen molar-refractivity contribution in [3.05, 3.63) is 96.6 Å². The second-order valence-corrected chi connectivity index (χ2v) is 6.78. The van der Waals surface area contributed by atoms with Crippen LogP contribution in [0.5, 0.6) is 0 Å². The molecule has 0 unspecified atom stereocenters. The molecule has 0 aliphatic heterocycles. The van der Waals surface area contributed by atoms with Crippen molar-refractivity contribution in [1.29, 1.82) is 0 Å². The summed E-state index contributed by atoms with van der Waals surface area (Å²) < 4.78 is 15.3. The molecule has 3 aromatic carbocycles. The summed E-state index contributed by atoms with van der Waals surface area (Å²) in [5.41, 5.74) is 4.34. The van der Waals surface area contributed by atoms with Gasteiger partial charge in [-0.2, -0.15) is 5.10 Å². The van der Waals surface area contributed by atoms with Crippen molar-refractivity contribution in [3.63, 3.8) is 0 Å². The third-order valence-corrected chi connectivity index (χ3v) is 4.80. The summed E-state index contributed by atoms with van der Waals surface area (Å²) >= 11 is 0. The van der Waals surface area contributed by atoms with Crippen molar-refractivity contribution >= 4 is 22.8 Å². The zero-order valence-corrected chi connectivity index (χ0v) is 15.7. The van der Waals surface area contributed by atoms with Gasteiger partial charge in [0, 0.05) is 11.6 Å². The molecule has 0 saturated carbocycles. The highest BCUT2D eigenvalue weighted by Crippen LogP contribution is 2.22. The van der Waals surface area contributed by atoms with Crippen LogP contribution in [0.2, 0.25) is 0 Å². The number of hydrogen-bond acceptors (Lipinski definition) is 3. The van der Waals surface area contributed by atoms with Crippen LogP contribution < -0.4 is 5.32 Å². The molecule has 7 heteroatoms. The first kappa shape index (κ1) is 17.8. The Morgan fingerprint density at radius 2 is 1.83 bits per heavy atom. The predicted octanol–water partition coefficient (Wildman–Crippen LogP) is 4.81. The van der Waals surface area contributed by atoms with Gasteiger partial charge in [-0.05, 0) is 42.0 Å². The molecule has 146 valence electrons. The molecule has 5 aromatic rings. The Balaban J connectivity index is 1.39. The summed E-state index contributed by atoms with van der Waals surface area (Å²) in [5.74, 6) is -0.174. The molecule has 0 aliphatic carbocycles. The number of carbonyl (C=O) groups is 1. The van der Waals surface area contributed by atoms with Crippen LogP contribution in [-0.2, 0) is 0 Å². The van der Waals surface area contributed by atoms with E-state index in [9.17, 15) is 9.18 Å². The number of benzene rings is 3. The van der Waals surface area contributed by atoms with Crippen LogP contribution in [0.4, 0.5) is 10.2 Å². The molecular weight excluding hydrogens is 381 g/mol. The highest BCUT2D eigenvalue weighted by atomic mass is 19.1. The molecule has 5 rings (SSSR count). The molecule has 30 heavy (non-hydrogen) atoms. The number of aromatic nitrogens is 4. The minimum atomic E-state index is -0.320. The second-order valence-electron chi connectivity index (χ2n) is 6.78. The number of hydrogen-bond donors (Lipinski definition) is 2. The number of H-pyrrole nitrogens is 1. The van der Waals surface area contributed by atoms with Crippen LogP contribution in [0, 0.1) is 5.82 Å². The number of rotatable bonds is 4. The monoisotopic (exact) mass is 397 g/mol. The largest absolute Gasteiger partial charge is 0.305 e. The molecular formula is C23H16FN5O. The number of nitrogens with one attached hydrogen (secondary N) is 2. The molecule has 0 aliphatic rings. The van der Waals surface area contributed by atoms with Gasteiger partial charge in [0.25, 0.3) is 5.91 Å². The molecule has 2 N–H and O–H groups in total. The molecule has 0 radical (unpaired) electrons. The van der Waals surface area contributed by atoms with Crippen molar-refractivity contribution in [2.75, 3.05) is 5.32 Å². The van der Waals surface area contributed by atoms with Gasteiger partial charge >= 0.3 is 0 Å². The number of anilines is 1. The molecule has 1 amide bonds. The lowest BCUT2D eigenvalue weighted by atomic mass is 10.1. The number of aromatic amines is 1. The van der Waals surface area contributed by atoms with Gasteiger partial charge in [0.1, 0.15) is 12.1 Å². The van der Waals surface area contributed by atoms with Gasteiger partial charge < -0.3 is 5.32 Å². The minimum Gasteiger partial charge on any atom is -0.305 e. The number of nitrogens with zero attached hydrogens (tertiary/aromatic N) is 3. The van der Waals surface area contributed by atoms with Gasteiger partial charge in [0.2, 0.25) is 0 Å². The van der Waals surface area contributed by atoms with Crippen molar-refractivity contribution in [2.24, 2.45) is 0 Å². The van der Waals surface area contributed by atoms with Gasteiger partial charge in [-0.25, -0.2) is 9.37 Å². The molecule has 0 bridgehead atoms. The fraction of sp³-hybridized carbons (Fsp3) is 0. The van der Waals surface area contributed by atoms with Gasteiger partial charge in [-0.3, -0.25) is 14.5 Å². The summed E-state index contributed by atoms with van der Waals surface area (Å²) in [4.78, 5) is 17.0. The normalized spacial score (nSPS) is 11.0. The lowest BCUT2D eigenvalue weighted by Gasteiger charge is -2.05. The lowest BCUT2D eigenvalue weighted by Crippen LogP contribution is -2.12. The fourth-order valence-electron chi connectivity index (χ4n) is 3.33. The molecule has 0 spiro atoms. The molecule has 0 atom stereocenters. The van der Waals surface area contributed by atoms with E-state index in [1.54, 1.807) is 47.3 Å². The van der Waals surface area contributed by atoms with Crippen molar-refractivity contribution < 1.29 is 9.18 Å². The Kier molecular flexibility index (Phi) is 4.33. The Morgan fingerprint density at radius 3 is 2.67 bits per heavy atom. The molecule has 6 nitrogen and oxygen atoms in total. The van der Waals surface area contributed by atoms with E-state index in [0.29, 0.717) is 22.6 Å². The summed E-state index contributed by atoms with van der Waals surface area (Å²) in [6.45, 7) is 0. The van der Waals surface area contributed by atoms with Gasteiger partial charge in [0.15, 0.2) is 5.82 Å². The highest BCUT2D eigenvalue weighted by Gasteiger charge is 2.12. The summed E-state index contributed by atoms with van der Waals surface area (Å²) in [6, 6.07) is 23.0. The Hall–Kier alpha value is -4.26. The van der Waals surface area contributed by atoms with Crippen LogP contribution in [-0.4, -0.2) is 25.7 Å². The van der Waals surface area contributed by atoms with Crippen LogP contribution >= 0.6 is 0 Å².